The van der Waals surface area contributed by atoms with Gasteiger partial charge in [0.1, 0.15) is 0 Å². The fourth-order valence-electron chi connectivity index (χ4n) is 0.841. The minimum absolute atomic E-state index is 0.0194. The van der Waals surface area contributed by atoms with E-state index in [4.69, 9.17) is 5.11 Å². The molecule has 0 aromatic carbocycles. The van der Waals surface area contributed by atoms with Gasteiger partial charge in [-0.15, -0.1) is 0 Å². The predicted octanol–water partition coefficient (Wildman–Crippen LogP) is 0.890. The Morgan fingerprint density at radius 3 is 2.42 bits per heavy atom. The van der Waals surface area contributed by atoms with E-state index in [0.29, 0.717) is 6.54 Å². The van der Waals surface area contributed by atoms with E-state index in [1.54, 1.807) is 0 Å². The Balaban J connectivity index is 3.63. The van der Waals surface area contributed by atoms with Crippen molar-refractivity contribution in [2.45, 2.75) is 20.8 Å². The molecular formula is C8H18N2O2. The highest BCUT2D eigenvalue weighted by atomic mass is 16.4. The molecule has 72 valence electrons. The summed E-state index contributed by atoms with van der Waals surface area (Å²) in [4.78, 5) is 10.2. The SMILES string of the molecule is CCNCC(C)(C)CNC(=O)O. The van der Waals surface area contributed by atoms with Gasteiger partial charge >= 0.3 is 6.09 Å². The minimum atomic E-state index is -0.959. The molecule has 0 heterocycles. The molecule has 0 aromatic heterocycles. The number of amides is 1. The van der Waals surface area contributed by atoms with Crippen LogP contribution in [0.1, 0.15) is 20.8 Å². The van der Waals surface area contributed by atoms with Crippen molar-refractivity contribution < 1.29 is 9.90 Å². The van der Waals surface area contributed by atoms with Crippen molar-refractivity contribution in [2.24, 2.45) is 5.41 Å². The van der Waals surface area contributed by atoms with E-state index < -0.39 is 6.09 Å². The number of nitrogens with one attached hydrogen (secondary N) is 2. The molecule has 0 aromatic rings. The molecule has 0 saturated heterocycles. The third kappa shape index (κ3) is 5.97. The van der Waals surface area contributed by atoms with Crippen LogP contribution in [0.15, 0.2) is 0 Å². The summed E-state index contributed by atoms with van der Waals surface area (Å²) >= 11 is 0. The second-order valence-corrected chi connectivity index (χ2v) is 3.60. The van der Waals surface area contributed by atoms with Crippen LogP contribution in [0.25, 0.3) is 0 Å². The molecule has 0 spiro atoms. The Hall–Kier alpha value is -0.770. The summed E-state index contributed by atoms with van der Waals surface area (Å²) in [7, 11) is 0. The van der Waals surface area contributed by atoms with Gasteiger partial charge in [0.05, 0.1) is 0 Å². The lowest BCUT2D eigenvalue weighted by molar-refractivity contribution is 0.187. The number of rotatable bonds is 5. The highest BCUT2D eigenvalue weighted by Gasteiger charge is 2.17. The summed E-state index contributed by atoms with van der Waals surface area (Å²) in [5.41, 5.74) is -0.0194. The van der Waals surface area contributed by atoms with Gasteiger partial charge in [-0.05, 0) is 12.0 Å². The van der Waals surface area contributed by atoms with Gasteiger partial charge < -0.3 is 15.7 Å². The summed E-state index contributed by atoms with van der Waals surface area (Å²) in [6.07, 6.45) is -0.959. The maximum atomic E-state index is 10.2. The molecule has 4 nitrogen and oxygen atoms in total. The zero-order valence-corrected chi connectivity index (χ0v) is 7.98. The van der Waals surface area contributed by atoms with E-state index in [9.17, 15) is 4.79 Å². The first kappa shape index (κ1) is 11.2. The smallest absolute Gasteiger partial charge is 0.404 e. The van der Waals surface area contributed by atoms with Gasteiger partial charge in [0.15, 0.2) is 0 Å². The molecule has 1 amide bonds. The third-order valence-electron chi connectivity index (χ3n) is 1.57. The van der Waals surface area contributed by atoms with Crippen molar-refractivity contribution in [1.82, 2.24) is 10.6 Å². The predicted molar refractivity (Wildman–Crippen MR) is 48.4 cm³/mol. The second kappa shape index (κ2) is 4.98. The van der Waals surface area contributed by atoms with E-state index in [0.717, 1.165) is 13.1 Å². The fraction of sp³-hybridized carbons (Fsp3) is 0.875. The summed E-state index contributed by atoms with van der Waals surface area (Å²) in [6.45, 7) is 8.29. The van der Waals surface area contributed by atoms with Crippen LogP contribution in [0.5, 0.6) is 0 Å². The van der Waals surface area contributed by atoms with E-state index in [1.165, 1.54) is 0 Å². The van der Waals surface area contributed by atoms with Gasteiger partial charge in [-0.1, -0.05) is 20.8 Å². The van der Waals surface area contributed by atoms with Gasteiger partial charge in [0, 0.05) is 13.1 Å². The zero-order chi connectivity index (χ0) is 9.61. The molecule has 0 bridgehead atoms. The van der Waals surface area contributed by atoms with E-state index in [2.05, 4.69) is 10.6 Å². The summed E-state index contributed by atoms with van der Waals surface area (Å²) in [6, 6.07) is 0. The average Bonchev–Trinajstić information content (AvgIpc) is 1.98. The molecule has 0 fully saturated rings. The van der Waals surface area contributed by atoms with Crippen LogP contribution in [-0.4, -0.2) is 30.8 Å². The third-order valence-corrected chi connectivity index (χ3v) is 1.57. The van der Waals surface area contributed by atoms with Crippen molar-refractivity contribution in [1.29, 1.82) is 0 Å². The molecule has 12 heavy (non-hydrogen) atoms. The highest BCUT2D eigenvalue weighted by Crippen LogP contribution is 2.10. The number of carbonyl (C=O) groups is 1. The minimum Gasteiger partial charge on any atom is -0.465 e. The summed E-state index contributed by atoms with van der Waals surface area (Å²) in [5, 5.41) is 13.9. The first-order valence-corrected chi connectivity index (χ1v) is 4.15. The molecule has 3 N–H and O–H groups in total. The first-order chi connectivity index (χ1) is 5.48. The van der Waals surface area contributed by atoms with Crippen molar-refractivity contribution in [3.63, 3.8) is 0 Å². The Labute approximate surface area is 73.3 Å². The average molecular weight is 174 g/mol. The molecule has 0 radical (unpaired) electrons. The topological polar surface area (TPSA) is 61.4 Å². The molecular weight excluding hydrogens is 156 g/mol. The largest absolute Gasteiger partial charge is 0.465 e. The molecule has 0 rings (SSSR count). The van der Waals surface area contributed by atoms with Gasteiger partial charge in [-0.25, -0.2) is 4.79 Å². The lowest BCUT2D eigenvalue weighted by Crippen LogP contribution is -2.39. The lowest BCUT2D eigenvalue weighted by Gasteiger charge is -2.24. The van der Waals surface area contributed by atoms with E-state index >= 15 is 0 Å². The van der Waals surface area contributed by atoms with Crippen LogP contribution >= 0.6 is 0 Å². The van der Waals surface area contributed by atoms with Crippen LogP contribution in [0.3, 0.4) is 0 Å². The summed E-state index contributed by atoms with van der Waals surface area (Å²) < 4.78 is 0. The number of hydrogen-bond acceptors (Lipinski definition) is 2. The summed E-state index contributed by atoms with van der Waals surface area (Å²) in [5.74, 6) is 0. The monoisotopic (exact) mass is 174 g/mol. The zero-order valence-electron chi connectivity index (χ0n) is 7.98. The van der Waals surface area contributed by atoms with Crippen LogP contribution in [0, 0.1) is 5.41 Å². The quantitative estimate of drug-likeness (QED) is 0.580. The molecule has 0 aliphatic heterocycles. The Kier molecular flexibility index (Phi) is 4.66. The number of hydrogen-bond donors (Lipinski definition) is 3. The van der Waals surface area contributed by atoms with Crippen molar-refractivity contribution in [3.8, 4) is 0 Å². The van der Waals surface area contributed by atoms with Gasteiger partial charge in [-0.3, -0.25) is 0 Å². The molecule has 0 aliphatic carbocycles. The molecule has 0 saturated carbocycles. The second-order valence-electron chi connectivity index (χ2n) is 3.60. The number of carboxylic acid groups (broad SMARTS) is 1. The Morgan fingerprint density at radius 1 is 1.42 bits per heavy atom. The van der Waals surface area contributed by atoms with E-state index in [1.807, 2.05) is 20.8 Å². The molecule has 0 atom stereocenters. The lowest BCUT2D eigenvalue weighted by atomic mass is 9.93. The first-order valence-electron chi connectivity index (χ1n) is 4.15. The van der Waals surface area contributed by atoms with Gasteiger partial charge in [0.25, 0.3) is 0 Å². The molecule has 4 heteroatoms. The highest BCUT2D eigenvalue weighted by molar-refractivity contribution is 5.64. The van der Waals surface area contributed by atoms with Crippen molar-refractivity contribution >= 4 is 6.09 Å². The Bertz CT molecular complexity index is 146. The van der Waals surface area contributed by atoms with Crippen LogP contribution in [0.2, 0.25) is 0 Å². The van der Waals surface area contributed by atoms with Crippen LogP contribution in [-0.2, 0) is 0 Å². The van der Waals surface area contributed by atoms with Crippen molar-refractivity contribution in [3.05, 3.63) is 0 Å². The van der Waals surface area contributed by atoms with Crippen LogP contribution in [0.4, 0.5) is 4.79 Å². The molecule has 0 aliphatic rings. The fourth-order valence-corrected chi connectivity index (χ4v) is 0.841. The Morgan fingerprint density at radius 2 is 2.00 bits per heavy atom. The normalized spacial score (nSPS) is 11.2. The van der Waals surface area contributed by atoms with Gasteiger partial charge in [-0.2, -0.15) is 0 Å². The molecule has 0 unspecified atom stereocenters. The van der Waals surface area contributed by atoms with Crippen molar-refractivity contribution in [2.75, 3.05) is 19.6 Å². The maximum absolute atomic E-state index is 10.2. The van der Waals surface area contributed by atoms with E-state index in [-0.39, 0.29) is 5.41 Å². The van der Waals surface area contributed by atoms with Gasteiger partial charge in [0.2, 0.25) is 0 Å². The standard InChI is InChI=1S/C8H18N2O2/c1-4-9-5-8(2,3)6-10-7(11)12/h9-10H,4-6H2,1-3H3,(H,11,12). The maximum Gasteiger partial charge on any atom is 0.404 e. The van der Waals surface area contributed by atoms with Crippen LogP contribution < -0.4 is 10.6 Å².